The van der Waals surface area contributed by atoms with E-state index < -0.39 is 265 Å². The monoisotopic (exact) mass is 967 g/mol. The number of para-hydroxylation sites is 5. The molecule has 0 aliphatic heterocycles. The van der Waals surface area contributed by atoms with Crippen LogP contribution in [0.1, 0.15) is 84.0 Å². The van der Waals surface area contributed by atoms with E-state index in [1.54, 1.807) is 48.5 Å². The Bertz CT molecular complexity index is 5570. The van der Waals surface area contributed by atoms with Gasteiger partial charge in [0.25, 0.3) is 27.8 Å². The maximum absolute atomic E-state index is 12.3. The molecule has 350 valence electrons. The van der Waals surface area contributed by atoms with Crippen LogP contribution in [0.4, 0.5) is 0 Å². The fourth-order valence-electron chi connectivity index (χ4n) is 5.05. The zero-order valence-corrected chi connectivity index (χ0v) is 35.4. The van der Waals surface area contributed by atoms with Crippen LogP contribution in [-0.4, -0.2) is 22.8 Å². The number of hydrogen-bond acceptors (Lipinski definition) is 5. The number of benzene rings is 5. The Kier molecular flexibility index (Phi) is 6.85. The third kappa shape index (κ3) is 14.7. The van der Waals surface area contributed by atoms with E-state index in [4.69, 9.17) is 56.2 Å². The van der Waals surface area contributed by atoms with Crippen molar-refractivity contribution < 1.29 is 56.2 Å². The summed E-state index contributed by atoms with van der Waals surface area (Å²) in [6.45, 7) is -13.9. The van der Waals surface area contributed by atoms with Gasteiger partial charge < -0.3 is 0 Å². The Hall–Kier alpha value is -9.15. The molecule has 0 radical (unpaired) electrons. The van der Waals surface area contributed by atoms with Crippen LogP contribution in [0.25, 0.3) is 28.4 Å². The Labute approximate surface area is 464 Å². The van der Waals surface area contributed by atoms with Gasteiger partial charge in [0.05, 0.1) is 35.6 Å². The van der Waals surface area contributed by atoms with Gasteiger partial charge in [-0.15, -0.1) is 0 Å². The van der Waals surface area contributed by atoms with E-state index in [1.165, 1.54) is 12.1 Å². The summed E-state index contributed by atoms with van der Waals surface area (Å²) < 4.78 is 314. The third-order valence-electron chi connectivity index (χ3n) is 8.02. The fraction of sp³-hybridized carbons (Fsp3) is 0.0833. The van der Waals surface area contributed by atoms with Crippen LogP contribution in [0.5, 0.6) is 0 Å². The zero-order valence-electron chi connectivity index (χ0n) is 76.4. The highest BCUT2D eigenvalue weighted by Gasteiger charge is 2.02. The first kappa shape index (κ1) is 19.1. The quantitative estimate of drug-likeness (QED) is 0.171. The standard InChI is InChI=1S/5C12H11NO/c5*1-10-7-8-12(14)13(9-10)11-5-3-2-4-6-11/h5*2-9H,1H3/i1D3,2D,3D,4D,5D,6D,7D,8D,9D;1D3,2D,3D,4D,5D,6D,7D,9D;1D3,2D,3D,4D,5D,6D,9D;1D3,7D,8D,9D;1D3,7D,9D. The molecule has 0 amide bonds. The van der Waals surface area contributed by atoms with Crippen molar-refractivity contribution in [2.45, 2.75) is 34.3 Å². The van der Waals surface area contributed by atoms with Crippen molar-refractivity contribution in [2.75, 3.05) is 0 Å². The number of nitrogens with zero attached hydrogens (tertiary/aromatic N) is 5. The van der Waals surface area contributed by atoms with E-state index in [9.17, 15) is 24.0 Å². The SMILES string of the molecule is [2H]c1c(C([2H])([2H])[2H])c([2H])n(-c2ccccc2)c(=O)c1[2H].[2H]c1c([2H])c([2H])c(-n2c([2H])c(C([2H])([2H])[2H])c([2H])c([2H])c2=O)c([2H])c1[2H].[2H]c1c([2H])c([2H])c(-n2c([2H])c(C([2H])([2H])[2H])ccc2=O)c([2H])c1[2H].[2H]c1cc(=O)n(-c2c([2H])c([2H])c([2H])c([2H])c2[2H])c([2H])c1C([2H])([2H])[2H].[2H]c1cc(=O)n(-c2ccccc2)c([2H])c1C([2H])([2H])[2H]. The molecule has 10 aromatic rings. The third-order valence-corrected chi connectivity index (χ3v) is 8.02. The van der Waals surface area contributed by atoms with Crippen molar-refractivity contribution in [3.63, 3.8) is 0 Å². The average Bonchev–Trinajstić information content (AvgIpc) is 0.818. The first-order valence-electron chi connectivity index (χ1n) is 39.8. The Morgan fingerprint density at radius 2 is 0.571 bits per heavy atom. The van der Waals surface area contributed by atoms with Crippen LogP contribution in [0.15, 0.2) is 267 Å². The molecule has 0 atom stereocenters. The van der Waals surface area contributed by atoms with Gasteiger partial charge in [-0.05, 0) is 123 Å². The van der Waals surface area contributed by atoms with Gasteiger partial charge in [0.2, 0.25) is 0 Å². The Balaban J connectivity index is 0.000000217. The topological polar surface area (TPSA) is 110 Å². The van der Waals surface area contributed by atoms with E-state index in [0.717, 1.165) is 27.3 Å². The van der Waals surface area contributed by atoms with Crippen molar-refractivity contribution in [3.8, 4) is 28.4 Å². The number of pyridine rings is 5. The normalized spacial score (nSPS) is 19.3. The van der Waals surface area contributed by atoms with Gasteiger partial charge in [-0.3, -0.25) is 46.8 Å². The van der Waals surface area contributed by atoms with Crippen molar-refractivity contribution in [1.29, 1.82) is 0 Å². The van der Waals surface area contributed by atoms with Crippen molar-refractivity contribution >= 4 is 0 Å². The lowest BCUT2D eigenvalue weighted by Crippen LogP contribution is -2.16. The van der Waals surface area contributed by atoms with Crippen LogP contribution in [0, 0.1) is 34.3 Å². The minimum atomic E-state index is -3.01. The minimum Gasteiger partial charge on any atom is -0.284 e. The molecular formula is C60H55N5O5. The zero-order chi connectivity index (χ0) is 85.0. The predicted molar refractivity (Wildman–Crippen MR) is 284 cm³/mol. The molecule has 0 aliphatic rings. The summed E-state index contributed by atoms with van der Waals surface area (Å²) in [5, 5.41) is 0. The molecule has 10 nitrogen and oxygen atoms in total. The van der Waals surface area contributed by atoms with Crippen molar-refractivity contribution in [1.82, 2.24) is 22.8 Å². The molecule has 5 heterocycles. The van der Waals surface area contributed by atoms with Crippen molar-refractivity contribution in [3.05, 3.63) is 322 Å². The lowest BCUT2D eigenvalue weighted by Gasteiger charge is -2.05. The molecular weight excluding hydrogens is 871 g/mol. The van der Waals surface area contributed by atoms with E-state index in [1.807, 2.05) is 0 Å². The average molecular weight is 967 g/mol. The maximum Gasteiger partial charge on any atom is 0.255 e. The molecule has 5 aromatic heterocycles. The van der Waals surface area contributed by atoms with Crippen LogP contribution in [0.2, 0.25) is 0 Å². The summed E-state index contributed by atoms with van der Waals surface area (Å²) in [6, 6.07) is 4.35. The predicted octanol–water partition coefficient (Wildman–Crippen LogP) is 10.7. The molecule has 10 heteroatoms. The first-order valence-corrected chi connectivity index (χ1v) is 19.3. The van der Waals surface area contributed by atoms with Crippen LogP contribution in [0.3, 0.4) is 0 Å². The van der Waals surface area contributed by atoms with Gasteiger partial charge in [-0.1, -0.05) is 121 Å². The van der Waals surface area contributed by atoms with Gasteiger partial charge >= 0.3 is 0 Å². The Morgan fingerprint density at radius 3 is 0.943 bits per heavy atom. The summed E-state index contributed by atoms with van der Waals surface area (Å²) in [7, 11) is 0. The van der Waals surface area contributed by atoms with Gasteiger partial charge in [-0.2, -0.15) is 0 Å². The van der Waals surface area contributed by atoms with Crippen molar-refractivity contribution in [2.24, 2.45) is 0 Å². The molecule has 70 heavy (non-hydrogen) atoms. The number of rotatable bonds is 5. The summed E-state index contributed by atoms with van der Waals surface area (Å²) in [5.74, 6) is 0. The molecule has 5 aromatic carbocycles. The highest BCUT2D eigenvalue weighted by atomic mass is 16.1. The molecule has 0 unspecified atom stereocenters. The van der Waals surface area contributed by atoms with E-state index in [-0.39, 0.29) is 4.57 Å². The van der Waals surface area contributed by atoms with Crippen LogP contribution < -0.4 is 27.8 Å². The second-order valence-electron chi connectivity index (χ2n) is 12.8. The molecule has 0 bridgehead atoms. The summed E-state index contributed by atoms with van der Waals surface area (Å²) in [4.78, 5) is 60.5. The summed E-state index contributed by atoms with van der Waals surface area (Å²) in [5.41, 5.74) is -9.00. The molecule has 0 spiro atoms. The number of aromatic nitrogens is 5. The Morgan fingerprint density at radius 1 is 0.271 bits per heavy atom. The maximum atomic E-state index is 12.3. The van der Waals surface area contributed by atoms with Gasteiger partial charge in [0.15, 0.2) is 0 Å². The summed E-state index contributed by atoms with van der Waals surface area (Å²) >= 11 is 0. The fourth-order valence-corrected chi connectivity index (χ4v) is 5.05. The first-order chi connectivity index (χ1) is 50.8. The molecule has 0 saturated carbocycles. The van der Waals surface area contributed by atoms with Gasteiger partial charge in [0.1, 0.15) is 0 Å². The molecule has 10 rings (SSSR count). The molecule has 0 N–H and O–H groups in total. The molecule has 0 saturated heterocycles. The number of hydrogen-bond donors (Lipinski definition) is 0. The van der Waals surface area contributed by atoms with Crippen LogP contribution in [-0.2, 0) is 0 Å². The lowest BCUT2D eigenvalue weighted by atomic mass is 10.3. The largest absolute Gasteiger partial charge is 0.284 e. The van der Waals surface area contributed by atoms with E-state index in [0.29, 0.717) is 26.6 Å². The summed E-state index contributed by atoms with van der Waals surface area (Å²) in [6.07, 6.45) is -3.72. The minimum absolute atomic E-state index is 0.266. The van der Waals surface area contributed by atoms with E-state index >= 15 is 0 Å². The lowest BCUT2D eigenvalue weighted by molar-refractivity contribution is 0.976. The van der Waals surface area contributed by atoms with Crippen LogP contribution >= 0.6 is 0 Å². The smallest absolute Gasteiger partial charge is 0.255 e. The second-order valence-corrected chi connectivity index (χ2v) is 12.8. The van der Waals surface area contributed by atoms with E-state index in [2.05, 4.69) is 0 Å². The second kappa shape index (κ2) is 25.1. The van der Waals surface area contributed by atoms with Gasteiger partial charge in [-0.25, -0.2) is 0 Å². The van der Waals surface area contributed by atoms with Gasteiger partial charge in [0, 0.05) is 110 Å². The molecule has 0 fully saturated rings. The highest BCUT2D eigenvalue weighted by Crippen LogP contribution is 2.09. The molecule has 0 aliphatic carbocycles. The number of aryl methyl sites for hydroxylation is 1. The highest BCUT2D eigenvalue weighted by molar-refractivity contribution is 5.36.